The number of anilines is 1. The molecule has 0 unspecified atom stereocenters. The Hall–Kier alpha value is -1.48. The predicted octanol–water partition coefficient (Wildman–Crippen LogP) is 2.91. The van der Waals surface area contributed by atoms with Crippen molar-refractivity contribution in [2.24, 2.45) is 0 Å². The topological polar surface area (TPSA) is 38.9 Å². The Balaban J connectivity index is 3.20. The summed E-state index contributed by atoms with van der Waals surface area (Å²) in [5.41, 5.74) is 7.77. The van der Waals surface area contributed by atoms with Crippen molar-refractivity contribution < 1.29 is 13.2 Å². The lowest BCUT2D eigenvalue weighted by molar-refractivity contribution is -0.137. The van der Waals surface area contributed by atoms with E-state index in [1.54, 1.807) is 0 Å². The molecule has 17 heavy (non-hydrogen) atoms. The van der Waals surface area contributed by atoms with Gasteiger partial charge in [-0.25, -0.2) is 4.98 Å². The molecule has 6 heteroatoms. The van der Waals surface area contributed by atoms with E-state index in [-0.39, 0.29) is 11.4 Å². The monoisotopic (exact) mass is 258 g/mol. The van der Waals surface area contributed by atoms with Gasteiger partial charge in [-0.05, 0) is 6.07 Å². The molecule has 1 aromatic rings. The van der Waals surface area contributed by atoms with Crippen molar-refractivity contribution >= 4 is 13.9 Å². The van der Waals surface area contributed by atoms with Crippen LogP contribution in [-0.2, 0) is 6.18 Å². The molecule has 0 spiro atoms. The number of halogens is 3. The van der Waals surface area contributed by atoms with Gasteiger partial charge in [-0.1, -0.05) is 25.6 Å². The highest BCUT2D eigenvalue weighted by atomic mass is 28.3. The molecule has 2 N–H and O–H groups in total. The molecule has 0 saturated carbocycles. The van der Waals surface area contributed by atoms with Gasteiger partial charge in [0.2, 0.25) is 0 Å². The summed E-state index contributed by atoms with van der Waals surface area (Å²) in [6, 6.07) is 0.940. The van der Waals surface area contributed by atoms with Crippen LogP contribution >= 0.6 is 0 Å². The van der Waals surface area contributed by atoms with Gasteiger partial charge in [0.15, 0.2) is 0 Å². The third-order valence-corrected chi connectivity index (χ3v) is 2.69. The molecule has 92 valence electrons. The first-order valence-corrected chi connectivity index (χ1v) is 8.45. The number of hydrogen-bond donors (Lipinski definition) is 1. The molecule has 0 amide bonds. The van der Waals surface area contributed by atoms with Gasteiger partial charge in [0.1, 0.15) is 13.9 Å². The Kier molecular flexibility index (Phi) is 3.53. The smallest absolute Gasteiger partial charge is 0.383 e. The number of hydrogen-bond acceptors (Lipinski definition) is 2. The van der Waals surface area contributed by atoms with Crippen LogP contribution in [0.15, 0.2) is 12.3 Å². The number of nitrogens with zero attached hydrogens (tertiary/aromatic N) is 1. The number of pyridine rings is 1. The predicted molar refractivity (Wildman–Crippen MR) is 63.9 cm³/mol. The summed E-state index contributed by atoms with van der Waals surface area (Å²) in [6.45, 7) is 5.99. The summed E-state index contributed by atoms with van der Waals surface area (Å²) in [6.07, 6.45) is -3.70. The zero-order valence-corrected chi connectivity index (χ0v) is 10.8. The van der Waals surface area contributed by atoms with Gasteiger partial charge < -0.3 is 5.73 Å². The molecule has 0 saturated heterocycles. The summed E-state index contributed by atoms with van der Waals surface area (Å²) in [4.78, 5) is 3.52. The maximum atomic E-state index is 12.5. The van der Waals surface area contributed by atoms with Crippen LogP contribution in [0.2, 0.25) is 19.6 Å². The number of nitrogens with two attached hydrogens (primary N) is 1. The second-order valence-electron chi connectivity index (χ2n) is 4.65. The third-order valence-electron chi connectivity index (χ3n) is 1.82. The SMILES string of the molecule is C[Si](C)(C)C#Cc1cc(C(F)(F)F)cnc1N. The molecule has 0 aromatic carbocycles. The van der Waals surface area contributed by atoms with Crippen molar-refractivity contribution in [1.82, 2.24) is 4.98 Å². The second kappa shape index (κ2) is 4.41. The van der Waals surface area contributed by atoms with E-state index in [2.05, 4.69) is 16.4 Å². The minimum absolute atomic E-state index is 0.0313. The van der Waals surface area contributed by atoms with Crippen molar-refractivity contribution in [3.63, 3.8) is 0 Å². The molecular formula is C11H13F3N2Si. The van der Waals surface area contributed by atoms with Crippen molar-refractivity contribution in [3.8, 4) is 11.5 Å². The minimum atomic E-state index is -4.42. The largest absolute Gasteiger partial charge is 0.417 e. The Morgan fingerprint density at radius 1 is 1.29 bits per heavy atom. The van der Waals surface area contributed by atoms with Crippen molar-refractivity contribution in [2.45, 2.75) is 25.8 Å². The first kappa shape index (κ1) is 13.6. The van der Waals surface area contributed by atoms with Gasteiger partial charge >= 0.3 is 6.18 Å². The van der Waals surface area contributed by atoms with Crippen LogP contribution < -0.4 is 5.73 Å². The van der Waals surface area contributed by atoms with Crippen LogP contribution in [0.5, 0.6) is 0 Å². The summed E-state index contributed by atoms with van der Waals surface area (Å²) in [7, 11) is -1.65. The summed E-state index contributed by atoms with van der Waals surface area (Å²) in [5, 5.41) is 0. The zero-order valence-electron chi connectivity index (χ0n) is 9.81. The number of alkyl halides is 3. The summed E-state index contributed by atoms with van der Waals surface area (Å²) in [5.74, 6) is 2.72. The lowest BCUT2D eigenvalue weighted by atomic mass is 10.2. The summed E-state index contributed by atoms with van der Waals surface area (Å²) < 4.78 is 37.4. The van der Waals surface area contributed by atoms with E-state index >= 15 is 0 Å². The Morgan fingerprint density at radius 2 is 1.88 bits per heavy atom. The molecule has 0 aliphatic carbocycles. The fourth-order valence-electron chi connectivity index (χ4n) is 0.985. The highest BCUT2D eigenvalue weighted by Crippen LogP contribution is 2.29. The molecule has 1 aromatic heterocycles. The highest BCUT2D eigenvalue weighted by molar-refractivity contribution is 6.83. The van der Waals surface area contributed by atoms with E-state index in [0.717, 1.165) is 12.3 Å². The van der Waals surface area contributed by atoms with E-state index < -0.39 is 19.8 Å². The molecule has 0 fully saturated rings. The fourth-order valence-corrected chi connectivity index (χ4v) is 1.49. The van der Waals surface area contributed by atoms with E-state index in [1.807, 2.05) is 19.6 Å². The van der Waals surface area contributed by atoms with Crippen LogP contribution in [0.3, 0.4) is 0 Å². The summed E-state index contributed by atoms with van der Waals surface area (Å²) >= 11 is 0. The van der Waals surface area contributed by atoms with Gasteiger partial charge in [0.05, 0.1) is 11.1 Å². The van der Waals surface area contributed by atoms with E-state index in [4.69, 9.17) is 5.73 Å². The van der Waals surface area contributed by atoms with E-state index in [0.29, 0.717) is 0 Å². The quantitative estimate of drug-likeness (QED) is 0.574. The van der Waals surface area contributed by atoms with Crippen molar-refractivity contribution in [2.75, 3.05) is 5.73 Å². The van der Waals surface area contributed by atoms with Crippen LogP contribution in [0.1, 0.15) is 11.1 Å². The highest BCUT2D eigenvalue weighted by Gasteiger charge is 2.31. The molecule has 2 nitrogen and oxygen atoms in total. The van der Waals surface area contributed by atoms with E-state index in [9.17, 15) is 13.2 Å². The maximum absolute atomic E-state index is 12.5. The minimum Gasteiger partial charge on any atom is -0.383 e. The van der Waals surface area contributed by atoms with Crippen LogP contribution in [-0.4, -0.2) is 13.1 Å². The lowest BCUT2D eigenvalue weighted by Crippen LogP contribution is -2.16. The number of rotatable bonds is 0. The number of nitrogen functional groups attached to an aromatic ring is 1. The normalized spacial score (nSPS) is 11.9. The maximum Gasteiger partial charge on any atom is 0.417 e. The van der Waals surface area contributed by atoms with Crippen LogP contribution in [0, 0.1) is 11.5 Å². The molecule has 1 heterocycles. The zero-order chi connectivity index (χ0) is 13.3. The average molecular weight is 258 g/mol. The van der Waals surface area contributed by atoms with Gasteiger partial charge in [-0.3, -0.25) is 0 Å². The first-order valence-electron chi connectivity index (χ1n) is 4.95. The van der Waals surface area contributed by atoms with Gasteiger partial charge in [-0.15, -0.1) is 5.54 Å². The second-order valence-corrected chi connectivity index (χ2v) is 9.40. The third kappa shape index (κ3) is 4.11. The molecule has 0 radical (unpaired) electrons. The first-order chi connectivity index (χ1) is 7.59. The molecule has 1 rings (SSSR count). The lowest BCUT2D eigenvalue weighted by Gasteiger charge is -2.08. The molecular weight excluding hydrogens is 245 g/mol. The number of aromatic nitrogens is 1. The fraction of sp³-hybridized carbons (Fsp3) is 0.364. The molecule has 0 bridgehead atoms. The standard InChI is InChI=1S/C11H13F3N2Si/c1-17(2,3)5-4-8-6-9(11(12,13)14)7-16-10(8)15/h6-7H,1-3H3,(H2,15,16). The van der Waals surface area contributed by atoms with Crippen LogP contribution in [0.4, 0.5) is 19.0 Å². The average Bonchev–Trinajstić information content (AvgIpc) is 2.13. The molecule has 0 atom stereocenters. The Labute approximate surface area is 99.1 Å². The van der Waals surface area contributed by atoms with Gasteiger partial charge in [-0.2, -0.15) is 13.2 Å². The van der Waals surface area contributed by atoms with E-state index in [1.165, 1.54) is 0 Å². The van der Waals surface area contributed by atoms with Crippen molar-refractivity contribution in [3.05, 3.63) is 23.4 Å². The van der Waals surface area contributed by atoms with Gasteiger partial charge in [0.25, 0.3) is 0 Å². The molecule has 0 aliphatic rings. The Morgan fingerprint density at radius 3 is 2.35 bits per heavy atom. The van der Waals surface area contributed by atoms with Gasteiger partial charge in [0, 0.05) is 6.20 Å². The van der Waals surface area contributed by atoms with Crippen molar-refractivity contribution in [1.29, 1.82) is 0 Å². The van der Waals surface area contributed by atoms with Crippen LogP contribution in [0.25, 0.3) is 0 Å². The molecule has 0 aliphatic heterocycles. The Bertz CT molecular complexity index is 478.